The van der Waals surface area contributed by atoms with E-state index in [1.165, 1.54) is 4.88 Å². The van der Waals surface area contributed by atoms with Crippen LogP contribution < -0.4 is 5.56 Å². The van der Waals surface area contributed by atoms with Crippen LogP contribution in [-0.4, -0.2) is 30.1 Å². The van der Waals surface area contributed by atoms with E-state index >= 15 is 0 Å². The number of nitrogens with one attached hydrogen (secondary N) is 1. The molecule has 0 fully saturated rings. The Balaban J connectivity index is 1.53. The first kappa shape index (κ1) is 23.2. The summed E-state index contributed by atoms with van der Waals surface area (Å²) < 4.78 is 7.34. The molecule has 5 rings (SSSR count). The van der Waals surface area contributed by atoms with Crippen molar-refractivity contribution in [1.29, 1.82) is 0 Å². The summed E-state index contributed by atoms with van der Waals surface area (Å²) in [4.78, 5) is 19.8. The quantitative estimate of drug-likeness (QED) is 0.295. The number of pyridine rings is 1. The van der Waals surface area contributed by atoms with Gasteiger partial charge in [0.2, 0.25) is 0 Å². The second kappa shape index (κ2) is 10.4. The zero-order valence-electron chi connectivity index (χ0n) is 19.8. The second-order valence-corrected chi connectivity index (χ2v) is 9.76. The van der Waals surface area contributed by atoms with Crippen LogP contribution in [-0.2, 0) is 19.6 Å². The highest BCUT2D eigenvalue weighted by Gasteiger charge is 2.27. The molecule has 4 heterocycles. The standard InChI is InChI=1S/C26H28N6O2S/c1-3-7-23(25-28-29-30-32(25)16-21-10-5-12-34-21)31(17-22-11-6-13-35-22)15-20-14-19-9-4-8-18(2)24(19)27-26(20)33/h4-6,8-14,23H,3,7,15-17H2,1-2H3,(H,27,33)/t23-/m0/s1. The highest BCUT2D eigenvalue weighted by molar-refractivity contribution is 7.09. The van der Waals surface area contributed by atoms with Gasteiger partial charge in [-0.15, -0.1) is 16.4 Å². The normalized spacial score (nSPS) is 12.5. The molecule has 9 heteroatoms. The first-order valence-corrected chi connectivity index (χ1v) is 12.7. The van der Waals surface area contributed by atoms with Crippen molar-refractivity contribution in [2.75, 3.05) is 0 Å². The summed E-state index contributed by atoms with van der Waals surface area (Å²) >= 11 is 1.71. The second-order valence-electron chi connectivity index (χ2n) is 8.73. The van der Waals surface area contributed by atoms with Crippen molar-refractivity contribution in [2.45, 2.75) is 52.4 Å². The minimum atomic E-state index is -0.0698. The number of hydrogen-bond acceptors (Lipinski definition) is 7. The van der Waals surface area contributed by atoms with E-state index in [4.69, 9.17) is 4.42 Å². The lowest BCUT2D eigenvalue weighted by molar-refractivity contribution is 0.157. The first-order valence-electron chi connectivity index (χ1n) is 11.8. The Kier molecular flexibility index (Phi) is 6.87. The van der Waals surface area contributed by atoms with Gasteiger partial charge < -0.3 is 9.40 Å². The van der Waals surface area contributed by atoms with Gasteiger partial charge in [0.05, 0.1) is 17.8 Å². The predicted octanol–water partition coefficient (Wildman–Crippen LogP) is 5.07. The molecule has 35 heavy (non-hydrogen) atoms. The largest absolute Gasteiger partial charge is 0.467 e. The predicted molar refractivity (Wildman–Crippen MR) is 136 cm³/mol. The van der Waals surface area contributed by atoms with Crippen LogP contribution in [0.1, 0.15) is 53.4 Å². The van der Waals surface area contributed by atoms with E-state index < -0.39 is 0 Å². The maximum atomic E-state index is 13.1. The van der Waals surface area contributed by atoms with Crippen LogP contribution in [0.25, 0.3) is 10.9 Å². The van der Waals surface area contributed by atoms with Gasteiger partial charge >= 0.3 is 0 Å². The smallest absolute Gasteiger partial charge is 0.252 e. The number of aromatic amines is 1. The molecule has 0 aliphatic carbocycles. The van der Waals surface area contributed by atoms with Crippen LogP contribution in [0.2, 0.25) is 0 Å². The maximum absolute atomic E-state index is 13.1. The summed E-state index contributed by atoms with van der Waals surface area (Å²) in [5.41, 5.74) is 2.61. The summed E-state index contributed by atoms with van der Waals surface area (Å²) in [6.45, 7) is 5.80. The molecule has 1 aromatic carbocycles. The summed E-state index contributed by atoms with van der Waals surface area (Å²) in [6.07, 6.45) is 3.46. The number of fused-ring (bicyclic) bond motifs is 1. The fourth-order valence-electron chi connectivity index (χ4n) is 4.51. The number of hydrogen-bond donors (Lipinski definition) is 1. The fourth-order valence-corrected chi connectivity index (χ4v) is 5.23. The van der Waals surface area contributed by atoms with E-state index in [2.05, 4.69) is 49.8 Å². The number of aromatic nitrogens is 5. The topological polar surface area (TPSA) is 92.8 Å². The lowest BCUT2D eigenvalue weighted by Gasteiger charge is -2.30. The SMILES string of the molecule is CCC[C@@H](c1nnnn1Cc1ccco1)N(Cc1cccs1)Cc1cc2cccc(C)c2[nH]c1=O. The third kappa shape index (κ3) is 5.11. The Labute approximate surface area is 207 Å². The lowest BCUT2D eigenvalue weighted by Crippen LogP contribution is -2.32. The first-order chi connectivity index (χ1) is 17.1. The third-order valence-corrected chi connectivity index (χ3v) is 7.08. The van der Waals surface area contributed by atoms with Gasteiger partial charge in [0.1, 0.15) is 12.3 Å². The zero-order chi connectivity index (χ0) is 24.2. The highest BCUT2D eigenvalue weighted by atomic mass is 32.1. The van der Waals surface area contributed by atoms with E-state index in [-0.39, 0.29) is 11.6 Å². The number of para-hydroxylation sites is 1. The molecule has 0 radical (unpaired) electrons. The molecule has 4 aromatic heterocycles. The van der Waals surface area contributed by atoms with Gasteiger partial charge in [-0.25, -0.2) is 4.68 Å². The Hall–Kier alpha value is -3.56. The molecule has 0 saturated heterocycles. The molecule has 180 valence electrons. The number of thiophene rings is 1. The average molecular weight is 489 g/mol. The molecule has 8 nitrogen and oxygen atoms in total. The number of aryl methyl sites for hydroxylation is 1. The van der Waals surface area contributed by atoms with Crippen molar-refractivity contribution in [1.82, 2.24) is 30.1 Å². The van der Waals surface area contributed by atoms with Crippen molar-refractivity contribution < 1.29 is 4.42 Å². The zero-order valence-corrected chi connectivity index (χ0v) is 20.7. The van der Waals surface area contributed by atoms with Gasteiger partial charge in [-0.05, 0) is 64.4 Å². The van der Waals surface area contributed by atoms with Gasteiger partial charge in [-0.2, -0.15) is 0 Å². The van der Waals surface area contributed by atoms with Crippen molar-refractivity contribution in [3.8, 4) is 0 Å². The van der Waals surface area contributed by atoms with Crippen LogP contribution in [0.5, 0.6) is 0 Å². The number of H-pyrrole nitrogens is 1. The average Bonchev–Trinajstić information content (AvgIpc) is 3.63. The molecule has 0 spiro atoms. The molecule has 1 N–H and O–H groups in total. The number of benzene rings is 1. The van der Waals surface area contributed by atoms with Gasteiger partial charge in [-0.1, -0.05) is 37.6 Å². The molecule has 0 amide bonds. The van der Waals surface area contributed by atoms with Gasteiger partial charge in [0.15, 0.2) is 5.82 Å². The summed E-state index contributed by atoms with van der Waals surface area (Å²) in [7, 11) is 0. The van der Waals surface area contributed by atoms with Crippen LogP contribution in [0.3, 0.4) is 0 Å². The van der Waals surface area contributed by atoms with Crippen molar-refractivity contribution in [2.24, 2.45) is 0 Å². The van der Waals surface area contributed by atoms with Crippen LogP contribution >= 0.6 is 11.3 Å². The molecular weight excluding hydrogens is 460 g/mol. The van der Waals surface area contributed by atoms with E-state index in [0.717, 1.165) is 46.5 Å². The minimum Gasteiger partial charge on any atom is -0.467 e. The highest BCUT2D eigenvalue weighted by Crippen LogP contribution is 2.29. The van der Waals surface area contributed by atoms with Crippen LogP contribution in [0, 0.1) is 6.92 Å². The van der Waals surface area contributed by atoms with Crippen molar-refractivity contribution in [3.63, 3.8) is 0 Å². The molecular formula is C26H28N6O2S. The van der Waals surface area contributed by atoms with E-state index in [0.29, 0.717) is 19.6 Å². The maximum Gasteiger partial charge on any atom is 0.252 e. The number of tetrazole rings is 1. The molecule has 0 unspecified atom stereocenters. The Morgan fingerprint density at radius 1 is 1.17 bits per heavy atom. The molecule has 0 aliphatic rings. The Morgan fingerprint density at radius 2 is 2.09 bits per heavy atom. The number of rotatable bonds is 10. The summed E-state index contributed by atoms with van der Waals surface area (Å²) in [5, 5.41) is 15.8. The molecule has 0 saturated carbocycles. The minimum absolute atomic E-state index is 0.0617. The third-order valence-electron chi connectivity index (χ3n) is 6.22. The van der Waals surface area contributed by atoms with Crippen molar-refractivity contribution >= 4 is 22.2 Å². The van der Waals surface area contributed by atoms with E-state index in [1.54, 1.807) is 22.3 Å². The molecule has 5 aromatic rings. The molecule has 0 bridgehead atoms. The molecule has 1 atom stereocenters. The van der Waals surface area contributed by atoms with Gasteiger partial charge in [-0.3, -0.25) is 9.69 Å². The Bertz CT molecular complexity index is 1440. The Morgan fingerprint density at radius 3 is 2.86 bits per heavy atom. The van der Waals surface area contributed by atoms with Crippen molar-refractivity contribution in [3.05, 3.63) is 98.1 Å². The number of furan rings is 1. The van der Waals surface area contributed by atoms with Crippen LogP contribution in [0.15, 0.2) is 69.4 Å². The van der Waals surface area contributed by atoms with Gasteiger partial charge in [0.25, 0.3) is 5.56 Å². The van der Waals surface area contributed by atoms with Crippen LogP contribution in [0.4, 0.5) is 0 Å². The fraction of sp³-hybridized carbons (Fsp3) is 0.308. The lowest BCUT2D eigenvalue weighted by atomic mass is 10.1. The summed E-state index contributed by atoms with van der Waals surface area (Å²) in [5.74, 6) is 1.56. The molecule has 0 aliphatic heterocycles. The monoisotopic (exact) mass is 488 g/mol. The number of nitrogens with zero attached hydrogens (tertiary/aromatic N) is 5. The van der Waals surface area contributed by atoms with E-state index in [9.17, 15) is 4.79 Å². The summed E-state index contributed by atoms with van der Waals surface area (Å²) in [6, 6.07) is 16.0. The van der Waals surface area contributed by atoms with E-state index in [1.807, 2.05) is 43.3 Å². The van der Waals surface area contributed by atoms with Gasteiger partial charge in [0, 0.05) is 23.5 Å².